The van der Waals surface area contributed by atoms with E-state index in [0.29, 0.717) is 5.56 Å². The maximum atomic E-state index is 12.4. The van der Waals surface area contributed by atoms with Crippen molar-refractivity contribution in [1.29, 1.82) is 0 Å². The van der Waals surface area contributed by atoms with Gasteiger partial charge in [-0.2, -0.15) is 5.10 Å². The van der Waals surface area contributed by atoms with Crippen LogP contribution < -0.4 is 5.32 Å². The Morgan fingerprint density at radius 3 is 2.73 bits per heavy atom. The molecule has 0 spiro atoms. The fraction of sp³-hybridized carbons (Fsp3) is 0.118. The SMILES string of the molecule is Cc1ccc(NC(=O)c2cccc(-n3cccn3)c2)c(C)n1. The maximum Gasteiger partial charge on any atom is 0.255 e. The summed E-state index contributed by atoms with van der Waals surface area (Å²) in [7, 11) is 0. The van der Waals surface area contributed by atoms with Crippen molar-refractivity contribution in [3.63, 3.8) is 0 Å². The zero-order chi connectivity index (χ0) is 15.5. The summed E-state index contributed by atoms with van der Waals surface area (Å²) in [6, 6.07) is 12.9. The van der Waals surface area contributed by atoms with Gasteiger partial charge in [-0.3, -0.25) is 9.78 Å². The average Bonchev–Trinajstić information content (AvgIpc) is 3.04. The number of hydrogen-bond acceptors (Lipinski definition) is 3. The topological polar surface area (TPSA) is 59.8 Å². The van der Waals surface area contributed by atoms with Crippen LogP contribution in [0.25, 0.3) is 5.69 Å². The smallest absolute Gasteiger partial charge is 0.255 e. The molecule has 3 aromatic rings. The molecule has 22 heavy (non-hydrogen) atoms. The third kappa shape index (κ3) is 2.88. The Hall–Kier alpha value is -2.95. The predicted molar refractivity (Wildman–Crippen MR) is 85.2 cm³/mol. The summed E-state index contributed by atoms with van der Waals surface area (Å²) in [5, 5.41) is 7.06. The number of nitrogens with one attached hydrogen (secondary N) is 1. The molecule has 0 saturated heterocycles. The Kier molecular flexibility index (Phi) is 3.70. The van der Waals surface area contributed by atoms with Crippen molar-refractivity contribution < 1.29 is 4.79 Å². The van der Waals surface area contributed by atoms with Crippen LogP contribution in [0, 0.1) is 13.8 Å². The number of hydrogen-bond donors (Lipinski definition) is 1. The third-order valence-electron chi connectivity index (χ3n) is 3.35. The number of pyridine rings is 1. The molecule has 0 saturated carbocycles. The summed E-state index contributed by atoms with van der Waals surface area (Å²) in [6.07, 6.45) is 3.54. The molecule has 0 aliphatic carbocycles. The molecule has 2 aromatic heterocycles. The van der Waals surface area contributed by atoms with Gasteiger partial charge in [0.2, 0.25) is 0 Å². The number of benzene rings is 1. The van der Waals surface area contributed by atoms with Crippen LogP contribution in [0.15, 0.2) is 54.9 Å². The second-order valence-corrected chi connectivity index (χ2v) is 5.04. The van der Waals surface area contributed by atoms with E-state index in [1.807, 2.05) is 50.4 Å². The van der Waals surface area contributed by atoms with E-state index in [-0.39, 0.29) is 5.91 Å². The molecule has 0 aliphatic rings. The number of carbonyl (C=O) groups is 1. The first-order valence-electron chi connectivity index (χ1n) is 6.99. The van der Waals surface area contributed by atoms with Gasteiger partial charge < -0.3 is 5.32 Å². The van der Waals surface area contributed by atoms with Crippen LogP contribution in [0.5, 0.6) is 0 Å². The zero-order valence-corrected chi connectivity index (χ0v) is 12.4. The van der Waals surface area contributed by atoms with Crippen molar-refractivity contribution >= 4 is 11.6 Å². The lowest BCUT2D eigenvalue weighted by atomic mass is 10.1. The zero-order valence-electron chi connectivity index (χ0n) is 12.4. The maximum absolute atomic E-state index is 12.4. The van der Waals surface area contributed by atoms with Crippen LogP contribution in [0.4, 0.5) is 5.69 Å². The molecule has 3 rings (SSSR count). The second-order valence-electron chi connectivity index (χ2n) is 5.04. The number of anilines is 1. The average molecular weight is 292 g/mol. The van der Waals surface area contributed by atoms with E-state index in [0.717, 1.165) is 22.8 Å². The monoisotopic (exact) mass is 292 g/mol. The van der Waals surface area contributed by atoms with Crippen LogP contribution in [0.2, 0.25) is 0 Å². The molecule has 1 amide bonds. The Morgan fingerprint density at radius 2 is 2.00 bits per heavy atom. The lowest BCUT2D eigenvalue weighted by Gasteiger charge is -2.09. The van der Waals surface area contributed by atoms with Crippen molar-refractivity contribution in [3.05, 3.63) is 71.8 Å². The second kappa shape index (κ2) is 5.81. The van der Waals surface area contributed by atoms with Gasteiger partial charge in [0, 0.05) is 23.7 Å². The van der Waals surface area contributed by atoms with E-state index in [1.54, 1.807) is 23.0 Å². The number of rotatable bonds is 3. The molecule has 1 N–H and O–H groups in total. The largest absolute Gasteiger partial charge is 0.320 e. The minimum Gasteiger partial charge on any atom is -0.320 e. The summed E-state index contributed by atoms with van der Waals surface area (Å²) in [6.45, 7) is 3.80. The minimum absolute atomic E-state index is 0.164. The van der Waals surface area contributed by atoms with Crippen LogP contribution in [0.3, 0.4) is 0 Å². The Balaban J connectivity index is 1.85. The summed E-state index contributed by atoms with van der Waals surface area (Å²) in [5.74, 6) is -0.164. The number of nitrogens with zero attached hydrogens (tertiary/aromatic N) is 3. The first-order valence-corrected chi connectivity index (χ1v) is 6.99. The van der Waals surface area contributed by atoms with Crippen LogP contribution in [-0.4, -0.2) is 20.7 Å². The highest BCUT2D eigenvalue weighted by Crippen LogP contribution is 2.15. The highest BCUT2D eigenvalue weighted by Gasteiger charge is 2.09. The molecular formula is C17H16N4O. The molecule has 0 fully saturated rings. The summed E-state index contributed by atoms with van der Waals surface area (Å²) >= 11 is 0. The van der Waals surface area contributed by atoms with E-state index >= 15 is 0 Å². The Labute approximate surface area is 128 Å². The summed E-state index contributed by atoms with van der Waals surface area (Å²) in [5.41, 5.74) is 3.87. The van der Waals surface area contributed by atoms with Crippen LogP contribution in [0.1, 0.15) is 21.7 Å². The highest BCUT2D eigenvalue weighted by atomic mass is 16.1. The van der Waals surface area contributed by atoms with E-state index in [9.17, 15) is 4.79 Å². The van der Waals surface area contributed by atoms with Gasteiger partial charge in [-0.05, 0) is 50.2 Å². The molecule has 0 bridgehead atoms. The van der Waals surface area contributed by atoms with Crippen molar-refractivity contribution in [1.82, 2.24) is 14.8 Å². The van der Waals surface area contributed by atoms with Crippen molar-refractivity contribution in [2.45, 2.75) is 13.8 Å². The molecule has 5 heteroatoms. The van der Waals surface area contributed by atoms with Gasteiger partial charge in [-0.15, -0.1) is 0 Å². The number of aryl methyl sites for hydroxylation is 2. The standard InChI is InChI=1S/C17H16N4O/c1-12-7-8-16(13(2)19-12)20-17(22)14-5-3-6-15(11-14)21-10-4-9-18-21/h3-11H,1-2H3,(H,20,22). The van der Waals surface area contributed by atoms with E-state index < -0.39 is 0 Å². The highest BCUT2D eigenvalue weighted by molar-refractivity contribution is 6.04. The fourth-order valence-corrected chi connectivity index (χ4v) is 2.22. The van der Waals surface area contributed by atoms with Gasteiger partial charge >= 0.3 is 0 Å². The summed E-state index contributed by atoms with van der Waals surface area (Å²) in [4.78, 5) is 16.8. The fourth-order valence-electron chi connectivity index (χ4n) is 2.22. The third-order valence-corrected chi connectivity index (χ3v) is 3.35. The first-order chi connectivity index (χ1) is 10.6. The molecule has 0 unspecified atom stereocenters. The van der Waals surface area contributed by atoms with Crippen molar-refractivity contribution in [2.75, 3.05) is 5.32 Å². The van der Waals surface area contributed by atoms with Crippen LogP contribution in [-0.2, 0) is 0 Å². The van der Waals surface area contributed by atoms with Gasteiger partial charge in [0.15, 0.2) is 0 Å². The minimum atomic E-state index is -0.164. The van der Waals surface area contributed by atoms with E-state index in [4.69, 9.17) is 0 Å². The molecule has 0 radical (unpaired) electrons. The van der Waals surface area contributed by atoms with Gasteiger partial charge in [0.25, 0.3) is 5.91 Å². The molecule has 5 nitrogen and oxygen atoms in total. The van der Waals surface area contributed by atoms with Gasteiger partial charge in [0.05, 0.1) is 17.1 Å². The number of amides is 1. The number of aromatic nitrogens is 3. The molecule has 0 aliphatic heterocycles. The van der Waals surface area contributed by atoms with Crippen molar-refractivity contribution in [3.8, 4) is 5.69 Å². The summed E-state index contributed by atoms with van der Waals surface area (Å²) < 4.78 is 1.72. The molecular weight excluding hydrogens is 276 g/mol. The molecule has 1 aromatic carbocycles. The van der Waals surface area contributed by atoms with E-state index in [2.05, 4.69) is 15.4 Å². The molecule has 0 atom stereocenters. The first kappa shape index (κ1) is 14.0. The molecule has 2 heterocycles. The lowest BCUT2D eigenvalue weighted by molar-refractivity contribution is 0.102. The van der Waals surface area contributed by atoms with Crippen LogP contribution >= 0.6 is 0 Å². The Bertz CT molecular complexity index is 809. The normalized spacial score (nSPS) is 10.5. The molecule has 110 valence electrons. The lowest BCUT2D eigenvalue weighted by Crippen LogP contribution is -2.13. The van der Waals surface area contributed by atoms with Gasteiger partial charge in [-0.25, -0.2) is 4.68 Å². The predicted octanol–water partition coefficient (Wildman–Crippen LogP) is 3.14. The number of carbonyl (C=O) groups excluding carboxylic acids is 1. The Morgan fingerprint density at radius 1 is 1.14 bits per heavy atom. The van der Waals surface area contributed by atoms with Gasteiger partial charge in [-0.1, -0.05) is 6.07 Å². The van der Waals surface area contributed by atoms with Gasteiger partial charge in [0.1, 0.15) is 0 Å². The van der Waals surface area contributed by atoms with Crippen molar-refractivity contribution in [2.24, 2.45) is 0 Å². The van der Waals surface area contributed by atoms with E-state index in [1.165, 1.54) is 0 Å². The quantitative estimate of drug-likeness (QED) is 0.806.